The van der Waals surface area contributed by atoms with Crippen molar-refractivity contribution in [2.75, 3.05) is 18.8 Å². The normalized spacial score (nSPS) is 16.8. The first-order valence-electron chi connectivity index (χ1n) is 9.93. The van der Waals surface area contributed by atoms with Crippen LogP contribution in [-0.4, -0.2) is 32.8 Å². The van der Waals surface area contributed by atoms with Crippen molar-refractivity contribution in [1.82, 2.24) is 19.7 Å². The number of hydrogen-bond acceptors (Lipinski definition) is 5. The molecule has 4 N–H and O–H groups in total. The zero-order valence-electron chi connectivity index (χ0n) is 16.0. The summed E-state index contributed by atoms with van der Waals surface area (Å²) in [6.45, 7) is 2.17. The van der Waals surface area contributed by atoms with Gasteiger partial charge < -0.3 is 15.8 Å². The molecule has 0 aliphatic carbocycles. The minimum absolute atomic E-state index is 0.315. The highest BCUT2D eigenvalue weighted by Crippen LogP contribution is 2.33. The smallest absolute Gasteiger partial charge is 0.164 e. The number of quaternary nitrogens is 1. The van der Waals surface area contributed by atoms with Crippen LogP contribution in [0.4, 0.5) is 5.82 Å². The minimum atomic E-state index is 0.315. The third-order valence-electron chi connectivity index (χ3n) is 5.36. The van der Waals surface area contributed by atoms with Crippen molar-refractivity contribution in [1.29, 1.82) is 0 Å². The molecule has 1 atom stereocenters. The molecular weight excluding hydrogens is 364 g/mol. The summed E-state index contributed by atoms with van der Waals surface area (Å²) in [6.07, 6.45) is 3.79. The maximum absolute atomic E-state index is 6.23. The van der Waals surface area contributed by atoms with Crippen molar-refractivity contribution in [2.45, 2.75) is 18.9 Å². The van der Waals surface area contributed by atoms with Crippen molar-refractivity contribution in [3.8, 4) is 22.8 Å². The van der Waals surface area contributed by atoms with Gasteiger partial charge in [-0.15, -0.1) is 0 Å². The summed E-state index contributed by atoms with van der Waals surface area (Å²) < 4.78 is 7.94. The molecule has 7 nitrogen and oxygen atoms in total. The van der Waals surface area contributed by atoms with Crippen LogP contribution in [0.25, 0.3) is 22.3 Å². The molecule has 146 valence electrons. The van der Waals surface area contributed by atoms with E-state index in [2.05, 4.69) is 15.3 Å². The Morgan fingerprint density at radius 1 is 1.00 bits per heavy atom. The Hall–Kier alpha value is -3.45. The summed E-state index contributed by atoms with van der Waals surface area (Å²) in [5.74, 6) is 2.04. The molecule has 1 aliphatic rings. The second kappa shape index (κ2) is 7.52. The van der Waals surface area contributed by atoms with E-state index in [1.165, 1.54) is 19.3 Å². The van der Waals surface area contributed by atoms with Crippen molar-refractivity contribution in [3.63, 3.8) is 0 Å². The van der Waals surface area contributed by atoms with E-state index in [-0.39, 0.29) is 0 Å². The Balaban J connectivity index is 1.52. The second-order valence-corrected chi connectivity index (χ2v) is 7.30. The van der Waals surface area contributed by atoms with Crippen LogP contribution < -0.4 is 15.8 Å². The van der Waals surface area contributed by atoms with Crippen LogP contribution in [0.1, 0.15) is 18.9 Å². The van der Waals surface area contributed by atoms with E-state index >= 15 is 0 Å². The standard InChI is InChI=1S/C22H22N6O/c23-21-19-20(15-8-10-18(11-9-15)29-17-6-2-1-3-7-17)27-28(22(19)26-14-25-21)16-5-4-12-24-13-16/h1-3,6-11,14,16,24H,4-5,12-13H2,(H2,23,25,26)/p+1/t16-/m1/s1. The molecule has 1 saturated heterocycles. The van der Waals surface area contributed by atoms with Gasteiger partial charge in [-0.3, -0.25) is 0 Å². The van der Waals surface area contributed by atoms with Crippen LogP contribution in [0.2, 0.25) is 0 Å². The first kappa shape index (κ1) is 17.6. The van der Waals surface area contributed by atoms with Crippen LogP contribution in [-0.2, 0) is 0 Å². The SMILES string of the molecule is Nc1ncnc2c1c(-c1ccc(Oc3ccccc3)cc1)nn2[C@@H]1CCC[NH2+]C1. The van der Waals surface area contributed by atoms with E-state index in [4.69, 9.17) is 15.6 Å². The molecule has 0 unspecified atom stereocenters. The van der Waals surface area contributed by atoms with E-state index in [9.17, 15) is 0 Å². The average Bonchev–Trinajstić information content (AvgIpc) is 3.17. The maximum Gasteiger partial charge on any atom is 0.164 e. The van der Waals surface area contributed by atoms with Crippen LogP contribution in [0.15, 0.2) is 60.9 Å². The molecule has 5 rings (SSSR count). The third kappa shape index (κ3) is 3.40. The van der Waals surface area contributed by atoms with Gasteiger partial charge in [0.05, 0.1) is 18.5 Å². The monoisotopic (exact) mass is 387 g/mol. The van der Waals surface area contributed by atoms with Gasteiger partial charge in [0.15, 0.2) is 5.65 Å². The summed E-state index contributed by atoms with van der Waals surface area (Å²) in [4.78, 5) is 8.71. The quantitative estimate of drug-likeness (QED) is 0.561. The molecule has 4 aromatic rings. The van der Waals surface area contributed by atoms with E-state index < -0.39 is 0 Å². The molecule has 7 heteroatoms. The lowest BCUT2D eigenvalue weighted by molar-refractivity contribution is -0.667. The second-order valence-electron chi connectivity index (χ2n) is 7.30. The van der Waals surface area contributed by atoms with Gasteiger partial charge in [-0.2, -0.15) is 5.10 Å². The topological polar surface area (TPSA) is 95.5 Å². The average molecular weight is 387 g/mol. The van der Waals surface area contributed by atoms with Gasteiger partial charge in [0.1, 0.15) is 35.4 Å². The molecule has 1 fully saturated rings. The predicted octanol–water partition coefficient (Wildman–Crippen LogP) is 2.77. The fourth-order valence-electron chi connectivity index (χ4n) is 3.91. The van der Waals surface area contributed by atoms with Gasteiger partial charge in [-0.25, -0.2) is 14.6 Å². The van der Waals surface area contributed by atoms with Crippen molar-refractivity contribution in [3.05, 3.63) is 60.9 Å². The number of piperidine rings is 1. The number of nitrogens with zero attached hydrogens (tertiary/aromatic N) is 4. The van der Waals surface area contributed by atoms with Gasteiger partial charge in [0.2, 0.25) is 0 Å². The number of fused-ring (bicyclic) bond motifs is 1. The number of hydrogen-bond donors (Lipinski definition) is 2. The Bertz CT molecular complexity index is 1120. The zero-order valence-corrected chi connectivity index (χ0v) is 16.0. The lowest BCUT2D eigenvalue weighted by Crippen LogP contribution is -2.87. The third-order valence-corrected chi connectivity index (χ3v) is 5.36. The number of nitrogen functional groups attached to an aromatic ring is 1. The Kier molecular flexibility index (Phi) is 4.57. The summed E-state index contributed by atoms with van der Waals surface area (Å²) in [7, 11) is 0. The number of aromatic nitrogens is 4. The molecule has 2 aromatic heterocycles. The summed E-state index contributed by atoms with van der Waals surface area (Å²) >= 11 is 0. The summed E-state index contributed by atoms with van der Waals surface area (Å²) in [6, 6.07) is 18.0. The first-order chi connectivity index (χ1) is 14.3. The highest BCUT2D eigenvalue weighted by molar-refractivity contribution is 5.98. The Morgan fingerprint density at radius 3 is 2.55 bits per heavy atom. The number of para-hydroxylation sites is 1. The van der Waals surface area contributed by atoms with E-state index in [0.717, 1.165) is 46.8 Å². The molecule has 0 radical (unpaired) electrons. The largest absolute Gasteiger partial charge is 0.457 e. The van der Waals surface area contributed by atoms with Crippen molar-refractivity contribution in [2.24, 2.45) is 0 Å². The Labute approximate surface area is 168 Å². The highest BCUT2D eigenvalue weighted by atomic mass is 16.5. The van der Waals surface area contributed by atoms with Crippen molar-refractivity contribution < 1.29 is 10.1 Å². The lowest BCUT2D eigenvalue weighted by atomic mass is 10.1. The maximum atomic E-state index is 6.23. The fourth-order valence-corrected chi connectivity index (χ4v) is 3.91. The fraction of sp³-hybridized carbons (Fsp3) is 0.227. The van der Waals surface area contributed by atoms with E-state index in [0.29, 0.717) is 11.9 Å². The summed E-state index contributed by atoms with van der Waals surface area (Å²) in [5, 5.41) is 8.08. The van der Waals surface area contributed by atoms with Crippen LogP contribution in [0, 0.1) is 0 Å². The minimum Gasteiger partial charge on any atom is -0.457 e. The number of benzene rings is 2. The molecule has 2 aromatic carbocycles. The molecule has 0 saturated carbocycles. The number of nitrogens with two attached hydrogens (primary N) is 2. The number of anilines is 1. The van der Waals surface area contributed by atoms with Crippen LogP contribution in [0.3, 0.4) is 0 Å². The van der Waals surface area contributed by atoms with Crippen LogP contribution >= 0.6 is 0 Å². The van der Waals surface area contributed by atoms with Gasteiger partial charge in [0, 0.05) is 5.56 Å². The van der Waals surface area contributed by atoms with Gasteiger partial charge in [-0.05, 0) is 49.2 Å². The van der Waals surface area contributed by atoms with Gasteiger partial charge in [0.25, 0.3) is 0 Å². The molecular formula is C22H23N6O+. The highest BCUT2D eigenvalue weighted by Gasteiger charge is 2.25. The van der Waals surface area contributed by atoms with E-state index in [1.54, 1.807) is 0 Å². The lowest BCUT2D eigenvalue weighted by Gasteiger charge is -2.20. The summed E-state index contributed by atoms with van der Waals surface area (Å²) in [5.41, 5.74) is 8.82. The Morgan fingerprint density at radius 2 is 1.79 bits per heavy atom. The zero-order chi connectivity index (χ0) is 19.6. The molecule has 1 aliphatic heterocycles. The van der Waals surface area contributed by atoms with E-state index in [1.807, 2.05) is 59.3 Å². The molecule has 0 bridgehead atoms. The van der Waals surface area contributed by atoms with Crippen LogP contribution in [0.5, 0.6) is 11.5 Å². The van der Waals surface area contributed by atoms with Crippen molar-refractivity contribution >= 4 is 16.9 Å². The van der Waals surface area contributed by atoms with Gasteiger partial charge in [-0.1, -0.05) is 18.2 Å². The molecule has 0 spiro atoms. The number of ether oxygens (including phenoxy) is 1. The molecule has 3 heterocycles. The molecule has 29 heavy (non-hydrogen) atoms. The number of rotatable bonds is 4. The predicted molar refractivity (Wildman–Crippen MR) is 112 cm³/mol. The van der Waals surface area contributed by atoms with Gasteiger partial charge >= 0.3 is 0 Å². The first-order valence-corrected chi connectivity index (χ1v) is 9.93. The molecule has 0 amide bonds.